The topological polar surface area (TPSA) is 63.4 Å². The molecule has 0 aromatic heterocycles. The van der Waals surface area contributed by atoms with Crippen LogP contribution in [0.4, 0.5) is 11.4 Å². The van der Waals surface area contributed by atoms with Crippen LogP contribution < -0.4 is 10.6 Å². The lowest BCUT2D eigenvalue weighted by Gasteiger charge is -2.34. The lowest BCUT2D eigenvalue weighted by Crippen LogP contribution is -2.39. The summed E-state index contributed by atoms with van der Waals surface area (Å²) in [5.41, 5.74) is 8.00. The van der Waals surface area contributed by atoms with Gasteiger partial charge in [0.25, 0.3) is 0 Å². The second kappa shape index (κ2) is 5.85. The predicted molar refractivity (Wildman–Crippen MR) is 88.2 cm³/mol. The molecule has 0 aliphatic carbocycles. The number of amides is 2. The third kappa shape index (κ3) is 2.60. The first-order valence-electron chi connectivity index (χ1n) is 7.01. The van der Waals surface area contributed by atoms with Crippen LogP contribution in [-0.4, -0.2) is 17.1 Å². The molecular weight excluding hydrogens is 296 g/mol. The minimum Gasteiger partial charge on any atom is -0.370 e. The van der Waals surface area contributed by atoms with Gasteiger partial charge in [0.05, 0.1) is 16.6 Å². The summed E-state index contributed by atoms with van der Waals surface area (Å²) in [6.07, 6.45) is 0.0419. The maximum atomic E-state index is 12.9. The fourth-order valence-corrected chi connectivity index (χ4v) is 3.78. The van der Waals surface area contributed by atoms with Gasteiger partial charge in [-0.05, 0) is 30.7 Å². The number of carbonyl (C=O) groups excluding carboxylic acids is 2. The van der Waals surface area contributed by atoms with Crippen LogP contribution >= 0.6 is 11.8 Å². The minimum atomic E-state index is -0.480. The van der Waals surface area contributed by atoms with Gasteiger partial charge in [-0.15, -0.1) is 11.8 Å². The number of rotatable bonds is 3. The van der Waals surface area contributed by atoms with E-state index in [2.05, 4.69) is 0 Å². The predicted octanol–water partition coefficient (Wildman–Crippen LogP) is 3.01. The smallest absolute Gasteiger partial charge is 0.245 e. The number of thioether (sulfide) groups is 1. The first-order valence-corrected chi connectivity index (χ1v) is 7.89. The number of nitrogens with two attached hydrogens (primary N) is 1. The highest BCUT2D eigenvalue weighted by atomic mass is 32.2. The van der Waals surface area contributed by atoms with E-state index in [0.29, 0.717) is 0 Å². The molecule has 0 spiro atoms. The van der Waals surface area contributed by atoms with Crippen LogP contribution in [0.2, 0.25) is 0 Å². The third-order valence-electron chi connectivity index (χ3n) is 3.61. The van der Waals surface area contributed by atoms with Gasteiger partial charge in [-0.1, -0.05) is 30.3 Å². The molecule has 22 heavy (non-hydrogen) atoms. The zero-order valence-corrected chi connectivity index (χ0v) is 13.0. The monoisotopic (exact) mass is 312 g/mol. The Hall–Kier alpha value is -2.27. The van der Waals surface area contributed by atoms with Crippen LogP contribution in [0.25, 0.3) is 0 Å². The average molecular weight is 312 g/mol. The molecule has 4 nitrogen and oxygen atoms in total. The molecule has 0 bridgehead atoms. The summed E-state index contributed by atoms with van der Waals surface area (Å²) in [6, 6.07) is 15.5. The van der Waals surface area contributed by atoms with Crippen molar-refractivity contribution in [1.82, 2.24) is 0 Å². The fourth-order valence-electron chi connectivity index (χ4n) is 2.58. The van der Waals surface area contributed by atoms with E-state index in [-0.39, 0.29) is 12.3 Å². The molecule has 0 fully saturated rings. The van der Waals surface area contributed by atoms with Crippen molar-refractivity contribution in [2.45, 2.75) is 23.5 Å². The van der Waals surface area contributed by atoms with Crippen LogP contribution in [0.1, 0.15) is 12.0 Å². The number of hydrogen-bond donors (Lipinski definition) is 1. The van der Waals surface area contributed by atoms with Crippen LogP contribution in [0.5, 0.6) is 0 Å². The Kier molecular flexibility index (Phi) is 3.90. The molecule has 5 heteroatoms. The van der Waals surface area contributed by atoms with E-state index in [1.54, 1.807) is 4.90 Å². The second-order valence-electron chi connectivity index (χ2n) is 5.20. The number of benzene rings is 2. The van der Waals surface area contributed by atoms with Crippen molar-refractivity contribution in [2.24, 2.45) is 5.73 Å². The fraction of sp³-hybridized carbons (Fsp3) is 0.176. The Morgan fingerprint density at radius 1 is 1.14 bits per heavy atom. The van der Waals surface area contributed by atoms with Gasteiger partial charge < -0.3 is 5.73 Å². The Balaban J connectivity index is 2.12. The summed E-state index contributed by atoms with van der Waals surface area (Å²) in [5, 5.41) is -0.480. The average Bonchev–Trinajstić information content (AvgIpc) is 2.49. The van der Waals surface area contributed by atoms with Gasteiger partial charge in [-0.3, -0.25) is 14.5 Å². The molecule has 0 saturated carbocycles. The van der Waals surface area contributed by atoms with E-state index in [9.17, 15) is 9.59 Å². The Bertz CT molecular complexity index is 745. The number of fused-ring (bicyclic) bond motifs is 1. The summed E-state index contributed by atoms with van der Waals surface area (Å²) in [4.78, 5) is 26.8. The van der Waals surface area contributed by atoms with Crippen LogP contribution in [0.3, 0.4) is 0 Å². The number of anilines is 2. The Morgan fingerprint density at radius 3 is 2.45 bits per heavy atom. The van der Waals surface area contributed by atoms with Crippen LogP contribution in [0, 0.1) is 6.92 Å². The Labute approximate surface area is 133 Å². The van der Waals surface area contributed by atoms with E-state index in [1.807, 2.05) is 55.5 Å². The number of nitrogens with zero attached hydrogens (tertiary/aromatic N) is 1. The van der Waals surface area contributed by atoms with Crippen molar-refractivity contribution in [3.63, 3.8) is 0 Å². The number of para-hydroxylation sites is 2. The summed E-state index contributed by atoms with van der Waals surface area (Å²) < 4.78 is 0. The van der Waals surface area contributed by atoms with Crippen LogP contribution in [-0.2, 0) is 9.59 Å². The molecule has 2 N–H and O–H groups in total. The van der Waals surface area contributed by atoms with Crippen molar-refractivity contribution in [1.29, 1.82) is 0 Å². The van der Waals surface area contributed by atoms with E-state index in [4.69, 9.17) is 5.73 Å². The number of carbonyl (C=O) groups is 2. The quantitative estimate of drug-likeness (QED) is 0.947. The summed E-state index contributed by atoms with van der Waals surface area (Å²) in [6.45, 7) is 1.97. The van der Waals surface area contributed by atoms with E-state index in [1.165, 1.54) is 11.8 Å². The van der Waals surface area contributed by atoms with Crippen molar-refractivity contribution < 1.29 is 9.59 Å². The van der Waals surface area contributed by atoms with Gasteiger partial charge >= 0.3 is 0 Å². The lowest BCUT2D eigenvalue weighted by molar-refractivity contribution is -0.122. The van der Waals surface area contributed by atoms with Crippen molar-refractivity contribution >= 4 is 35.0 Å². The highest BCUT2D eigenvalue weighted by Crippen LogP contribution is 2.44. The van der Waals surface area contributed by atoms with Crippen molar-refractivity contribution in [3.8, 4) is 0 Å². The van der Waals surface area contributed by atoms with Crippen molar-refractivity contribution in [2.75, 3.05) is 4.90 Å². The molecule has 1 aliphatic heterocycles. The zero-order chi connectivity index (χ0) is 15.7. The van der Waals surface area contributed by atoms with Gasteiger partial charge in [0.15, 0.2) is 0 Å². The molecule has 1 heterocycles. The zero-order valence-electron chi connectivity index (χ0n) is 12.2. The molecule has 1 atom stereocenters. The summed E-state index contributed by atoms with van der Waals surface area (Å²) in [7, 11) is 0. The Morgan fingerprint density at radius 2 is 1.77 bits per heavy atom. The van der Waals surface area contributed by atoms with Gasteiger partial charge in [0.1, 0.15) is 0 Å². The summed E-state index contributed by atoms with van der Waals surface area (Å²) >= 11 is 1.41. The van der Waals surface area contributed by atoms with E-state index in [0.717, 1.165) is 21.8 Å². The molecule has 0 radical (unpaired) electrons. The van der Waals surface area contributed by atoms with Gasteiger partial charge in [-0.25, -0.2) is 0 Å². The first kappa shape index (κ1) is 14.7. The molecule has 1 unspecified atom stereocenters. The number of hydrogen-bond acceptors (Lipinski definition) is 3. The van der Waals surface area contributed by atoms with Gasteiger partial charge in [-0.2, -0.15) is 0 Å². The first-order chi connectivity index (χ1) is 10.6. The molecular formula is C17H16N2O2S. The SMILES string of the molecule is Cc1ccccc1N1C(=O)C(CC(N)=O)Sc2ccccc21. The van der Waals surface area contributed by atoms with Gasteiger partial charge in [0, 0.05) is 11.3 Å². The molecule has 3 rings (SSSR count). The standard InChI is InChI=1S/C17H16N2O2S/c1-11-6-2-3-7-12(11)19-13-8-4-5-9-14(13)22-15(17(19)21)10-16(18)20/h2-9,15H,10H2,1H3,(H2,18,20). The number of aryl methyl sites for hydroxylation is 1. The maximum absolute atomic E-state index is 12.9. The molecule has 2 aromatic carbocycles. The van der Waals surface area contributed by atoms with Crippen molar-refractivity contribution in [3.05, 3.63) is 54.1 Å². The maximum Gasteiger partial charge on any atom is 0.245 e. The molecule has 112 valence electrons. The number of primary amides is 1. The minimum absolute atomic E-state index is 0.0419. The van der Waals surface area contributed by atoms with Gasteiger partial charge in [0.2, 0.25) is 11.8 Å². The largest absolute Gasteiger partial charge is 0.370 e. The molecule has 1 aliphatic rings. The normalized spacial score (nSPS) is 17.2. The molecule has 2 aromatic rings. The highest BCUT2D eigenvalue weighted by molar-refractivity contribution is 8.01. The summed E-state index contributed by atoms with van der Waals surface area (Å²) in [5.74, 6) is -0.563. The van der Waals surface area contributed by atoms with E-state index < -0.39 is 11.2 Å². The second-order valence-corrected chi connectivity index (χ2v) is 6.45. The molecule has 0 saturated heterocycles. The molecule has 2 amide bonds. The van der Waals surface area contributed by atoms with Crippen LogP contribution in [0.15, 0.2) is 53.4 Å². The van der Waals surface area contributed by atoms with E-state index >= 15 is 0 Å². The highest BCUT2D eigenvalue weighted by Gasteiger charge is 2.35. The third-order valence-corrected chi connectivity index (χ3v) is 4.87. The lowest BCUT2D eigenvalue weighted by atomic mass is 10.1.